The minimum atomic E-state index is 0.149. The van der Waals surface area contributed by atoms with Gasteiger partial charge in [0.15, 0.2) is 0 Å². The fourth-order valence-electron chi connectivity index (χ4n) is 2.42. The molecule has 3 heteroatoms. The van der Waals surface area contributed by atoms with Gasteiger partial charge in [-0.25, -0.2) is 0 Å². The van der Waals surface area contributed by atoms with Gasteiger partial charge >= 0.3 is 0 Å². The smallest absolute Gasteiger partial charge is 0.137 e. The highest BCUT2D eigenvalue weighted by Crippen LogP contribution is 2.30. The van der Waals surface area contributed by atoms with E-state index in [1.54, 1.807) is 7.11 Å². The highest BCUT2D eigenvalue weighted by atomic mass is 35.5. The van der Waals surface area contributed by atoms with Crippen molar-refractivity contribution < 1.29 is 4.74 Å². The highest BCUT2D eigenvalue weighted by Gasteiger charge is 2.15. The molecule has 21 heavy (non-hydrogen) atoms. The number of benzene rings is 2. The molecule has 1 N–H and O–H groups in total. The molecule has 0 heterocycles. The van der Waals surface area contributed by atoms with Gasteiger partial charge in [-0.15, -0.1) is 0 Å². The van der Waals surface area contributed by atoms with Crippen LogP contribution in [0, 0.1) is 6.92 Å². The van der Waals surface area contributed by atoms with Gasteiger partial charge in [0.25, 0.3) is 0 Å². The SMILES string of the molecule is CCCNC(c1cccc(C)c1)c1ccc(Cl)c(OC)c1. The normalized spacial score (nSPS) is 12.2. The molecule has 2 aromatic rings. The van der Waals surface area contributed by atoms with Crippen LogP contribution in [0.15, 0.2) is 42.5 Å². The summed E-state index contributed by atoms with van der Waals surface area (Å²) in [5, 5.41) is 4.24. The average Bonchev–Trinajstić information content (AvgIpc) is 2.49. The van der Waals surface area contributed by atoms with Gasteiger partial charge in [0.2, 0.25) is 0 Å². The summed E-state index contributed by atoms with van der Waals surface area (Å²) in [5.74, 6) is 0.713. The van der Waals surface area contributed by atoms with Crippen LogP contribution in [-0.4, -0.2) is 13.7 Å². The zero-order valence-electron chi connectivity index (χ0n) is 12.8. The van der Waals surface area contributed by atoms with Crippen molar-refractivity contribution in [3.63, 3.8) is 0 Å². The third-order valence-corrected chi connectivity index (χ3v) is 3.79. The van der Waals surface area contributed by atoms with Crippen LogP contribution in [0.4, 0.5) is 0 Å². The molecule has 2 aromatic carbocycles. The van der Waals surface area contributed by atoms with Crippen molar-refractivity contribution in [3.8, 4) is 5.75 Å². The van der Waals surface area contributed by atoms with E-state index in [0.29, 0.717) is 10.8 Å². The molecule has 0 saturated heterocycles. The quantitative estimate of drug-likeness (QED) is 0.832. The minimum absolute atomic E-state index is 0.149. The number of hydrogen-bond donors (Lipinski definition) is 1. The second-order valence-corrected chi connectivity index (χ2v) is 5.60. The Morgan fingerprint density at radius 2 is 1.90 bits per heavy atom. The monoisotopic (exact) mass is 303 g/mol. The van der Waals surface area contributed by atoms with Gasteiger partial charge in [-0.2, -0.15) is 0 Å². The van der Waals surface area contributed by atoms with E-state index in [1.165, 1.54) is 11.1 Å². The first-order valence-corrected chi connectivity index (χ1v) is 7.67. The van der Waals surface area contributed by atoms with E-state index in [4.69, 9.17) is 16.3 Å². The fraction of sp³-hybridized carbons (Fsp3) is 0.333. The molecule has 0 bridgehead atoms. The number of aryl methyl sites for hydroxylation is 1. The number of nitrogens with one attached hydrogen (secondary N) is 1. The number of rotatable bonds is 6. The van der Waals surface area contributed by atoms with E-state index in [1.807, 2.05) is 12.1 Å². The average molecular weight is 304 g/mol. The van der Waals surface area contributed by atoms with E-state index in [2.05, 4.69) is 49.5 Å². The molecule has 0 amide bonds. The molecular formula is C18H22ClNO. The summed E-state index contributed by atoms with van der Waals surface area (Å²) in [7, 11) is 1.64. The minimum Gasteiger partial charge on any atom is -0.495 e. The molecular weight excluding hydrogens is 282 g/mol. The van der Waals surface area contributed by atoms with Gasteiger partial charge in [-0.3, -0.25) is 0 Å². The maximum atomic E-state index is 6.13. The Kier molecular flexibility index (Phi) is 5.66. The Morgan fingerprint density at radius 3 is 2.57 bits per heavy atom. The fourth-order valence-corrected chi connectivity index (χ4v) is 2.62. The summed E-state index contributed by atoms with van der Waals surface area (Å²) >= 11 is 6.13. The molecule has 1 unspecified atom stereocenters. The highest BCUT2D eigenvalue weighted by molar-refractivity contribution is 6.32. The maximum Gasteiger partial charge on any atom is 0.137 e. The van der Waals surface area contributed by atoms with Crippen molar-refractivity contribution in [3.05, 3.63) is 64.2 Å². The van der Waals surface area contributed by atoms with Gasteiger partial charge in [0, 0.05) is 0 Å². The predicted octanol–water partition coefficient (Wildman–Crippen LogP) is 4.75. The number of halogens is 1. The molecule has 2 rings (SSSR count). The van der Waals surface area contributed by atoms with Crippen molar-refractivity contribution >= 4 is 11.6 Å². The van der Waals surface area contributed by atoms with Gasteiger partial charge in [0.05, 0.1) is 18.2 Å². The number of ether oxygens (including phenoxy) is 1. The summed E-state index contributed by atoms with van der Waals surface area (Å²) in [5.41, 5.74) is 3.68. The summed E-state index contributed by atoms with van der Waals surface area (Å²) in [6.45, 7) is 5.25. The zero-order chi connectivity index (χ0) is 15.2. The largest absolute Gasteiger partial charge is 0.495 e. The van der Waals surface area contributed by atoms with Crippen LogP contribution in [0.25, 0.3) is 0 Å². The van der Waals surface area contributed by atoms with Gasteiger partial charge < -0.3 is 10.1 Å². The molecule has 112 valence electrons. The van der Waals surface area contributed by atoms with Crippen molar-refractivity contribution in [2.24, 2.45) is 0 Å². The van der Waals surface area contributed by atoms with Crippen LogP contribution in [0.5, 0.6) is 5.75 Å². The topological polar surface area (TPSA) is 21.3 Å². The standard InChI is InChI=1S/C18H22ClNO/c1-4-10-20-18(14-7-5-6-13(2)11-14)15-8-9-16(19)17(12-15)21-3/h5-9,11-12,18,20H,4,10H2,1-3H3. The van der Waals surface area contributed by atoms with Gasteiger partial charge in [-0.1, -0.05) is 54.4 Å². The Balaban J connectivity index is 2.40. The van der Waals surface area contributed by atoms with E-state index in [9.17, 15) is 0 Å². The summed E-state index contributed by atoms with van der Waals surface area (Å²) < 4.78 is 5.34. The molecule has 0 fully saturated rings. The number of methoxy groups -OCH3 is 1. The Bertz CT molecular complexity index is 598. The molecule has 0 aliphatic rings. The van der Waals surface area contributed by atoms with Crippen molar-refractivity contribution in [2.45, 2.75) is 26.3 Å². The third-order valence-electron chi connectivity index (χ3n) is 3.48. The molecule has 0 radical (unpaired) electrons. The third kappa shape index (κ3) is 3.99. The molecule has 0 aliphatic carbocycles. The molecule has 0 spiro atoms. The lowest BCUT2D eigenvalue weighted by atomic mass is 9.97. The predicted molar refractivity (Wildman–Crippen MR) is 89.3 cm³/mol. The molecule has 1 atom stereocenters. The summed E-state index contributed by atoms with van der Waals surface area (Å²) in [4.78, 5) is 0. The first-order chi connectivity index (χ1) is 10.2. The van der Waals surface area contributed by atoms with Crippen LogP contribution >= 0.6 is 11.6 Å². The van der Waals surface area contributed by atoms with Gasteiger partial charge in [-0.05, 0) is 43.1 Å². The van der Waals surface area contributed by atoms with E-state index < -0.39 is 0 Å². The van der Waals surface area contributed by atoms with Crippen LogP contribution in [-0.2, 0) is 0 Å². The molecule has 0 aliphatic heterocycles. The van der Waals surface area contributed by atoms with Crippen LogP contribution < -0.4 is 10.1 Å². The van der Waals surface area contributed by atoms with Gasteiger partial charge in [0.1, 0.15) is 5.75 Å². The van der Waals surface area contributed by atoms with Crippen molar-refractivity contribution in [2.75, 3.05) is 13.7 Å². The molecule has 0 saturated carbocycles. The molecule has 0 aromatic heterocycles. The van der Waals surface area contributed by atoms with E-state index >= 15 is 0 Å². The van der Waals surface area contributed by atoms with Crippen molar-refractivity contribution in [1.82, 2.24) is 5.32 Å². The molecule has 2 nitrogen and oxygen atoms in total. The Labute approximate surface area is 132 Å². The second-order valence-electron chi connectivity index (χ2n) is 5.20. The first-order valence-electron chi connectivity index (χ1n) is 7.29. The van der Waals surface area contributed by atoms with E-state index in [-0.39, 0.29) is 6.04 Å². The summed E-state index contributed by atoms with van der Waals surface area (Å²) in [6, 6.07) is 14.7. The van der Waals surface area contributed by atoms with Crippen molar-refractivity contribution in [1.29, 1.82) is 0 Å². The lowest BCUT2D eigenvalue weighted by Gasteiger charge is -2.21. The maximum absolute atomic E-state index is 6.13. The number of hydrogen-bond acceptors (Lipinski definition) is 2. The lowest BCUT2D eigenvalue weighted by molar-refractivity contribution is 0.414. The summed E-state index contributed by atoms with van der Waals surface area (Å²) in [6.07, 6.45) is 1.09. The van der Waals surface area contributed by atoms with Crippen LogP contribution in [0.3, 0.4) is 0 Å². The second kappa shape index (κ2) is 7.48. The van der Waals surface area contributed by atoms with E-state index in [0.717, 1.165) is 18.5 Å². The first kappa shape index (κ1) is 15.9. The Hall–Kier alpha value is -1.51. The Morgan fingerprint density at radius 1 is 1.14 bits per heavy atom. The lowest BCUT2D eigenvalue weighted by Crippen LogP contribution is -2.23. The van der Waals surface area contributed by atoms with Crippen LogP contribution in [0.1, 0.15) is 36.1 Å². The zero-order valence-corrected chi connectivity index (χ0v) is 13.6. The van der Waals surface area contributed by atoms with Crippen LogP contribution in [0.2, 0.25) is 5.02 Å².